The highest BCUT2D eigenvalue weighted by atomic mass is 32.2. The molecule has 94 valence electrons. The Bertz CT molecular complexity index is 312. The highest BCUT2D eigenvalue weighted by molar-refractivity contribution is 8.00. The van der Waals surface area contributed by atoms with E-state index in [2.05, 4.69) is 31.2 Å². The zero-order valence-corrected chi connectivity index (χ0v) is 11.5. The SMILES string of the molecule is CCCCCCOCC1Cc2ccccc2S1. The predicted octanol–water partition coefficient (Wildman–Crippen LogP) is 4.30. The molecule has 1 unspecified atom stereocenters. The van der Waals surface area contributed by atoms with E-state index in [4.69, 9.17) is 4.74 Å². The molecule has 0 radical (unpaired) electrons. The van der Waals surface area contributed by atoms with Crippen molar-refractivity contribution in [2.24, 2.45) is 0 Å². The van der Waals surface area contributed by atoms with Crippen LogP contribution in [-0.4, -0.2) is 18.5 Å². The van der Waals surface area contributed by atoms with Crippen LogP contribution in [0.25, 0.3) is 0 Å². The molecule has 1 aliphatic heterocycles. The summed E-state index contributed by atoms with van der Waals surface area (Å²) in [6.07, 6.45) is 6.35. The van der Waals surface area contributed by atoms with E-state index in [1.807, 2.05) is 11.8 Å². The van der Waals surface area contributed by atoms with Gasteiger partial charge in [-0.05, 0) is 24.5 Å². The normalized spacial score (nSPS) is 18.3. The third kappa shape index (κ3) is 4.04. The van der Waals surface area contributed by atoms with Gasteiger partial charge in [0.2, 0.25) is 0 Å². The molecular weight excluding hydrogens is 228 g/mol. The predicted molar refractivity (Wildman–Crippen MR) is 74.8 cm³/mol. The van der Waals surface area contributed by atoms with Gasteiger partial charge in [0.15, 0.2) is 0 Å². The van der Waals surface area contributed by atoms with Crippen LogP contribution < -0.4 is 0 Å². The summed E-state index contributed by atoms with van der Waals surface area (Å²) < 4.78 is 5.77. The van der Waals surface area contributed by atoms with Gasteiger partial charge in [-0.15, -0.1) is 11.8 Å². The molecule has 2 heteroatoms. The molecule has 1 heterocycles. The fraction of sp³-hybridized carbons (Fsp3) is 0.600. The molecule has 0 aromatic heterocycles. The molecule has 17 heavy (non-hydrogen) atoms. The van der Waals surface area contributed by atoms with E-state index in [-0.39, 0.29) is 0 Å². The van der Waals surface area contributed by atoms with Gasteiger partial charge in [0.25, 0.3) is 0 Å². The third-order valence-corrected chi connectivity index (χ3v) is 4.45. The zero-order chi connectivity index (χ0) is 11.9. The van der Waals surface area contributed by atoms with Gasteiger partial charge in [0.05, 0.1) is 6.61 Å². The number of rotatable bonds is 7. The smallest absolute Gasteiger partial charge is 0.0591 e. The first-order valence-corrected chi connectivity index (χ1v) is 7.60. The van der Waals surface area contributed by atoms with Gasteiger partial charge in [-0.3, -0.25) is 0 Å². The van der Waals surface area contributed by atoms with E-state index in [9.17, 15) is 0 Å². The molecule has 1 nitrogen and oxygen atoms in total. The van der Waals surface area contributed by atoms with E-state index in [1.165, 1.54) is 42.6 Å². The quantitative estimate of drug-likeness (QED) is 0.667. The van der Waals surface area contributed by atoms with Crippen LogP contribution in [0.1, 0.15) is 38.2 Å². The van der Waals surface area contributed by atoms with Crippen molar-refractivity contribution in [1.29, 1.82) is 0 Å². The maximum absolute atomic E-state index is 5.77. The molecule has 2 rings (SSSR count). The van der Waals surface area contributed by atoms with Crippen LogP contribution in [0, 0.1) is 0 Å². The Morgan fingerprint density at radius 2 is 2.12 bits per heavy atom. The lowest BCUT2D eigenvalue weighted by Gasteiger charge is -2.09. The molecule has 0 saturated carbocycles. The van der Waals surface area contributed by atoms with Crippen molar-refractivity contribution in [2.45, 2.75) is 49.2 Å². The van der Waals surface area contributed by atoms with Crippen molar-refractivity contribution in [1.82, 2.24) is 0 Å². The molecule has 0 aliphatic carbocycles. The Labute approximate surface area is 109 Å². The van der Waals surface area contributed by atoms with E-state index in [1.54, 1.807) is 0 Å². The van der Waals surface area contributed by atoms with Crippen molar-refractivity contribution < 1.29 is 4.74 Å². The van der Waals surface area contributed by atoms with Gasteiger partial charge < -0.3 is 4.74 Å². The number of benzene rings is 1. The Hall–Kier alpha value is -0.470. The van der Waals surface area contributed by atoms with Gasteiger partial charge in [-0.2, -0.15) is 0 Å². The van der Waals surface area contributed by atoms with E-state index in [0.29, 0.717) is 5.25 Å². The number of fused-ring (bicyclic) bond motifs is 1. The van der Waals surface area contributed by atoms with Crippen molar-refractivity contribution in [2.75, 3.05) is 13.2 Å². The summed E-state index contributed by atoms with van der Waals surface area (Å²) in [5.41, 5.74) is 1.50. The fourth-order valence-corrected chi connectivity index (χ4v) is 3.44. The number of thioether (sulfide) groups is 1. The van der Waals surface area contributed by atoms with Crippen molar-refractivity contribution in [3.63, 3.8) is 0 Å². The van der Waals surface area contributed by atoms with Crippen LogP contribution in [0.2, 0.25) is 0 Å². The molecule has 0 bridgehead atoms. The summed E-state index contributed by atoms with van der Waals surface area (Å²) in [6, 6.07) is 8.72. The van der Waals surface area contributed by atoms with Gasteiger partial charge in [0.1, 0.15) is 0 Å². The first kappa shape index (κ1) is 13.0. The third-order valence-electron chi connectivity index (χ3n) is 3.16. The standard InChI is InChI=1S/C15H22OS/c1-2-3-4-7-10-16-12-14-11-13-8-5-6-9-15(13)17-14/h5-6,8-9,14H,2-4,7,10-12H2,1H3. The molecule has 0 N–H and O–H groups in total. The average Bonchev–Trinajstić information content (AvgIpc) is 2.76. The first-order valence-electron chi connectivity index (χ1n) is 6.72. The second kappa shape index (κ2) is 7.07. The maximum Gasteiger partial charge on any atom is 0.0591 e. The van der Waals surface area contributed by atoms with Gasteiger partial charge >= 0.3 is 0 Å². The van der Waals surface area contributed by atoms with Crippen LogP contribution in [-0.2, 0) is 11.2 Å². The number of unbranched alkanes of at least 4 members (excludes halogenated alkanes) is 3. The lowest BCUT2D eigenvalue weighted by atomic mass is 10.1. The van der Waals surface area contributed by atoms with Gasteiger partial charge in [0, 0.05) is 16.8 Å². The Balaban J connectivity index is 1.60. The molecular formula is C15H22OS. The largest absolute Gasteiger partial charge is 0.380 e. The maximum atomic E-state index is 5.77. The van der Waals surface area contributed by atoms with Crippen LogP contribution in [0.4, 0.5) is 0 Å². The molecule has 0 saturated heterocycles. The Kier molecular flexibility index (Phi) is 5.40. The monoisotopic (exact) mass is 250 g/mol. The average molecular weight is 250 g/mol. The molecule has 0 spiro atoms. The first-order chi connectivity index (χ1) is 8.40. The summed E-state index contributed by atoms with van der Waals surface area (Å²) in [7, 11) is 0. The minimum Gasteiger partial charge on any atom is -0.380 e. The zero-order valence-electron chi connectivity index (χ0n) is 10.7. The summed E-state index contributed by atoms with van der Waals surface area (Å²) >= 11 is 1.98. The van der Waals surface area contributed by atoms with Crippen LogP contribution in [0.5, 0.6) is 0 Å². The number of hydrogen-bond acceptors (Lipinski definition) is 2. The fourth-order valence-electron chi connectivity index (χ4n) is 2.19. The van der Waals surface area contributed by atoms with Gasteiger partial charge in [-0.25, -0.2) is 0 Å². The number of hydrogen-bond donors (Lipinski definition) is 0. The number of ether oxygens (including phenoxy) is 1. The highest BCUT2D eigenvalue weighted by Gasteiger charge is 2.21. The molecule has 1 aromatic rings. The highest BCUT2D eigenvalue weighted by Crippen LogP contribution is 2.36. The summed E-state index contributed by atoms with van der Waals surface area (Å²) in [5, 5.41) is 0.638. The van der Waals surface area contributed by atoms with Crippen LogP contribution in [0.3, 0.4) is 0 Å². The van der Waals surface area contributed by atoms with E-state index >= 15 is 0 Å². The van der Waals surface area contributed by atoms with Crippen molar-refractivity contribution >= 4 is 11.8 Å². The Morgan fingerprint density at radius 1 is 1.24 bits per heavy atom. The molecule has 1 atom stereocenters. The van der Waals surface area contributed by atoms with Gasteiger partial charge in [-0.1, -0.05) is 44.4 Å². The van der Waals surface area contributed by atoms with Crippen molar-refractivity contribution in [3.05, 3.63) is 29.8 Å². The minimum atomic E-state index is 0.638. The second-order valence-electron chi connectivity index (χ2n) is 4.69. The van der Waals surface area contributed by atoms with E-state index < -0.39 is 0 Å². The van der Waals surface area contributed by atoms with Crippen molar-refractivity contribution in [3.8, 4) is 0 Å². The molecule has 1 aliphatic rings. The summed E-state index contributed by atoms with van der Waals surface area (Å²) in [6.45, 7) is 4.09. The molecule has 0 fully saturated rings. The Morgan fingerprint density at radius 3 is 2.94 bits per heavy atom. The summed E-state index contributed by atoms with van der Waals surface area (Å²) in [5.74, 6) is 0. The van der Waals surface area contributed by atoms with Crippen LogP contribution in [0.15, 0.2) is 29.2 Å². The lowest BCUT2D eigenvalue weighted by molar-refractivity contribution is 0.131. The van der Waals surface area contributed by atoms with Crippen LogP contribution >= 0.6 is 11.8 Å². The summed E-state index contributed by atoms with van der Waals surface area (Å²) in [4.78, 5) is 1.45. The second-order valence-corrected chi connectivity index (χ2v) is 6.03. The topological polar surface area (TPSA) is 9.23 Å². The lowest BCUT2D eigenvalue weighted by Crippen LogP contribution is -2.11. The molecule has 0 amide bonds. The molecule has 1 aromatic carbocycles. The minimum absolute atomic E-state index is 0.638. The van der Waals surface area contributed by atoms with E-state index in [0.717, 1.165) is 13.2 Å².